The Morgan fingerprint density at radius 3 is 2.64 bits per heavy atom. The second kappa shape index (κ2) is 9.89. The highest BCUT2D eigenvalue weighted by Gasteiger charge is 2.38. The summed E-state index contributed by atoms with van der Waals surface area (Å²) in [5.74, 6) is 0.372. The first kappa shape index (κ1) is 20.6. The summed E-state index contributed by atoms with van der Waals surface area (Å²) in [6.07, 6.45) is 6.33. The lowest BCUT2D eigenvalue weighted by Gasteiger charge is -2.48. The van der Waals surface area contributed by atoms with Gasteiger partial charge in [-0.25, -0.2) is 0 Å². The summed E-state index contributed by atoms with van der Waals surface area (Å²) < 4.78 is 5.57. The number of nitrogens with one attached hydrogen (secondary N) is 2. The average molecular weight is 388 g/mol. The van der Waals surface area contributed by atoms with E-state index in [1.54, 1.807) is 13.1 Å². The second-order valence-corrected chi connectivity index (χ2v) is 7.73. The summed E-state index contributed by atoms with van der Waals surface area (Å²) in [5, 5.41) is 6.90. The van der Waals surface area contributed by atoms with Crippen molar-refractivity contribution in [3.63, 3.8) is 0 Å². The van der Waals surface area contributed by atoms with Gasteiger partial charge >= 0.3 is 0 Å². The molecule has 0 atom stereocenters. The average Bonchev–Trinajstić information content (AvgIpc) is 2.75. The molecule has 0 aromatic heterocycles. The van der Waals surface area contributed by atoms with E-state index in [9.17, 15) is 4.79 Å². The topological polar surface area (TPSA) is 92.0 Å². The molecule has 7 nitrogen and oxygen atoms in total. The van der Waals surface area contributed by atoms with Gasteiger partial charge in [-0.05, 0) is 30.5 Å². The van der Waals surface area contributed by atoms with Gasteiger partial charge in [0.25, 0.3) is 0 Å². The van der Waals surface area contributed by atoms with Crippen LogP contribution < -0.4 is 16.4 Å². The molecular formula is C21H33N5O2. The highest BCUT2D eigenvalue weighted by atomic mass is 16.5. The smallest absolute Gasteiger partial charge is 0.248 e. The first-order chi connectivity index (χ1) is 13.6. The lowest BCUT2D eigenvalue weighted by Crippen LogP contribution is -2.60. The molecule has 0 radical (unpaired) electrons. The molecule has 2 aliphatic rings. The van der Waals surface area contributed by atoms with E-state index in [0.29, 0.717) is 12.1 Å². The molecule has 4 N–H and O–H groups in total. The number of morpholine rings is 1. The Kier molecular flexibility index (Phi) is 7.28. The molecular weight excluding hydrogens is 354 g/mol. The van der Waals surface area contributed by atoms with Crippen LogP contribution >= 0.6 is 0 Å². The second-order valence-electron chi connectivity index (χ2n) is 7.73. The molecule has 28 heavy (non-hydrogen) atoms. The molecule has 3 rings (SSSR count). The van der Waals surface area contributed by atoms with Crippen LogP contribution in [0.25, 0.3) is 0 Å². The van der Waals surface area contributed by atoms with E-state index < -0.39 is 5.91 Å². The number of hydrogen-bond donors (Lipinski definition) is 3. The number of nitrogens with two attached hydrogens (primary N) is 1. The molecule has 1 aromatic rings. The van der Waals surface area contributed by atoms with E-state index in [4.69, 9.17) is 10.5 Å². The molecule has 0 bridgehead atoms. The monoisotopic (exact) mass is 387 g/mol. The zero-order valence-electron chi connectivity index (χ0n) is 16.9. The molecule has 1 saturated carbocycles. The number of amides is 1. The standard InChI is InChI=1S/C21H33N5O2/c1-23-20(24-15-17-6-5-7-18(14-17)19(22)27)25-16-21(8-3-2-4-9-21)26-10-12-28-13-11-26/h5-7,14H,2-4,8-13,15-16H2,1H3,(H2,22,27)(H2,23,24,25). The van der Waals surface area contributed by atoms with Gasteiger partial charge in [-0.3, -0.25) is 14.7 Å². The molecule has 154 valence electrons. The molecule has 1 saturated heterocycles. The molecule has 1 aromatic carbocycles. The third-order valence-electron chi connectivity index (χ3n) is 5.95. The molecule has 1 aliphatic heterocycles. The van der Waals surface area contributed by atoms with Crippen LogP contribution in [0, 0.1) is 0 Å². The Bertz CT molecular complexity index is 679. The molecule has 1 amide bonds. The van der Waals surface area contributed by atoms with Crippen LogP contribution in [0.15, 0.2) is 29.3 Å². The number of carbonyl (C=O) groups excluding carboxylic acids is 1. The van der Waals surface area contributed by atoms with Gasteiger partial charge < -0.3 is 21.1 Å². The van der Waals surface area contributed by atoms with E-state index in [2.05, 4.69) is 20.5 Å². The fraction of sp³-hybridized carbons (Fsp3) is 0.619. The Morgan fingerprint density at radius 1 is 1.21 bits per heavy atom. The third kappa shape index (κ3) is 5.23. The zero-order chi connectivity index (χ0) is 19.8. The maximum absolute atomic E-state index is 11.4. The number of rotatable bonds is 6. The van der Waals surface area contributed by atoms with Gasteiger partial charge in [0.15, 0.2) is 5.96 Å². The quantitative estimate of drug-likeness (QED) is 0.508. The minimum atomic E-state index is -0.408. The van der Waals surface area contributed by atoms with Crippen LogP contribution in [-0.4, -0.2) is 62.2 Å². The van der Waals surface area contributed by atoms with Gasteiger partial charge in [0.2, 0.25) is 5.91 Å². The van der Waals surface area contributed by atoms with Gasteiger partial charge in [-0.1, -0.05) is 31.4 Å². The van der Waals surface area contributed by atoms with E-state index >= 15 is 0 Å². The zero-order valence-corrected chi connectivity index (χ0v) is 16.9. The maximum Gasteiger partial charge on any atom is 0.248 e. The number of nitrogens with zero attached hydrogens (tertiary/aromatic N) is 2. The predicted molar refractivity (Wildman–Crippen MR) is 111 cm³/mol. The Morgan fingerprint density at radius 2 is 1.96 bits per heavy atom. The van der Waals surface area contributed by atoms with Gasteiger partial charge in [-0.2, -0.15) is 0 Å². The van der Waals surface area contributed by atoms with Crippen molar-refractivity contribution in [1.82, 2.24) is 15.5 Å². The van der Waals surface area contributed by atoms with Crippen molar-refractivity contribution in [1.29, 1.82) is 0 Å². The van der Waals surface area contributed by atoms with Crippen molar-refractivity contribution >= 4 is 11.9 Å². The van der Waals surface area contributed by atoms with Gasteiger partial charge in [0.05, 0.1) is 13.2 Å². The largest absolute Gasteiger partial charge is 0.379 e. The van der Waals surface area contributed by atoms with Crippen LogP contribution in [-0.2, 0) is 11.3 Å². The Hall–Kier alpha value is -2.12. The van der Waals surface area contributed by atoms with Gasteiger partial charge in [-0.15, -0.1) is 0 Å². The van der Waals surface area contributed by atoms with Crippen LogP contribution in [0.4, 0.5) is 0 Å². The summed E-state index contributed by atoms with van der Waals surface area (Å²) in [4.78, 5) is 18.4. The van der Waals surface area contributed by atoms with Crippen LogP contribution in [0.3, 0.4) is 0 Å². The van der Waals surface area contributed by atoms with Crippen molar-refractivity contribution < 1.29 is 9.53 Å². The van der Waals surface area contributed by atoms with Crippen molar-refractivity contribution in [3.05, 3.63) is 35.4 Å². The summed E-state index contributed by atoms with van der Waals surface area (Å²) in [5.41, 5.74) is 7.08. The summed E-state index contributed by atoms with van der Waals surface area (Å²) in [6.45, 7) is 5.14. The Labute approximate surface area is 167 Å². The van der Waals surface area contributed by atoms with E-state index in [1.807, 2.05) is 18.2 Å². The Balaban J connectivity index is 1.58. The summed E-state index contributed by atoms with van der Waals surface area (Å²) in [6, 6.07) is 7.37. The SMILES string of the molecule is CN=C(NCc1cccc(C(N)=O)c1)NCC1(N2CCOCC2)CCCCC1. The maximum atomic E-state index is 11.4. The molecule has 1 heterocycles. The third-order valence-corrected chi connectivity index (χ3v) is 5.95. The number of carbonyl (C=O) groups is 1. The number of aliphatic imine (C=N–C) groups is 1. The fourth-order valence-electron chi connectivity index (χ4n) is 4.34. The van der Waals surface area contributed by atoms with Crippen LogP contribution in [0.1, 0.15) is 48.0 Å². The van der Waals surface area contributed by atoms with Crippen molar-refractivity contribution in [2.45, 2.75) is 44.2 Å². The number of ether oxygens (including phenoxy) is 1. The molecule has 7 heteroatoms. The van der Waals surface area contributed by atoms with E-state index in [-0.39, 0.29) is 5.54 Å². The van der Waals surface area contributed by atoms with Crippen molar-refractivity contribution in [3.8, 4) is 0 Å². The minimum absolute atomic E-state index is 0.186. The van der Waals surface area contributed by atoms with Gasteiger partial charge in [0, 0.05) is 44.3 Å². The molecule has 0 unspecified atom stereocenters. The predicted octanol–water partition coefficient (Wildman–Crippen LogP) is 1.49. The summed E-state index contributed by atoms with van der Waals surface area (Å²) >= 11 is 0. The van der Waals surface area contributed by atoms with E-state index in [0.717, 1.165) is 44.4 Å². The molecule has 1 aliphatic carbocycles. The van der Waals surface area contributed by atoms with Crippen molar-refractivity contribution in [2.24, 2.45) is 10.7 Å². The number of benzene rings is 1. The summed E-state index contributed by atoms with van der Waals surface area (Å²) in [7, 11) is 1.79. The molecule has 0 spiro atoms. The van der Waals surface area contributed by atoms with Crippen LogP contribution in [0.2, 0.25) is 0 Å². The molecule has 2 fully saturated rings. The highest BCUT2D eigenvalue weighted by Crippen LogP contribution is 2.33. The minimum Gasteiger partial charge on any atom is -0.379 e. The lowest BCUT2D eigenvalue weighted by atomic mass is 9.80. The normalized spacial score (nSPS) is 20.5. The number of guanidine groups is 1. The van der Waals surface area contributed by atoms with Crippen LogP contribution in [0.5, 0.6) is 0 Å². The van der Waals surface area contributed by atoms with E-state index in [1.165, 1.54) is 32.1 Å². The fourth-order valence-corrected chi connectivity index (χ4v) is 4.34. The first-order valence-corrected chi connectivity index (χ1v) is 10.3. The van der Waals surface area contributed by atoms with Gasteiger partial charge in [0.1, 0.15) is 0 Å². The number of hydrogen-bond acceptors (Lipinski definition) is 4. The number of primary amides is 1. The van der Waals surface area contributed by atoms with Crippen molar-refractivity contribution in [2.75, 3.05) is 39.9 Å². The lowest BCUT2D eigenvalue weighted by molar-refractivity contribution is -0.0352. The highest BCUT2D eigenvalue weighted by molar-refractivity contribution is 5.92. The first-order valence-electron chi connectivity index (χ1n) is 10.3.